The fraction of sp³-hybridized carbons (Fsp3) is 0.353. The molecule has 0 atom stereocenters. The number of nitrogens with zero attached hydrogens (tertiary/aromatic N) is 1. The van der Waals surface area contributed by atoms with E-state index >= 15 is 0 Å². The second kappa shape index (κ2) is 12.3. The molecule has 0 spiro atoms. The average molecular weight is 306 g/mol. The minimum absolute atomic E-state index is 0. The summed E-state index contributed by atoms with van der Waals surface area (Å²) < 4.78 is 0. The molecule has 0 aliphatic rings. The van der Waals surface area contributed by atoms with Gasteiger partial charge in [-0.15, -0.1) is 0 Å². The van der Waals surface area contributed by atoms with E-state index in [2.05, 4.69) is 16.9 Å². The smallest absolute Gasteiger partial charge is 0.322 e. The van der Waals surface area contributed by atoms with Gasteiger partial charge in [-0.25, -0.2) is 4.98 Å². The van der Waals surface area contributed by atoms with Crippen molar-refractivity contribution in [1.29, 1.82) is 0 Å². The molecule has 122 valence electrons. The Morgan fingerprint density at radius 1 is 1.36 bits per heavy atom. The number of carboxylic acid groups (broad SMARTS) is 1. The van der Waals surface area contributed by atoms with Crippen LogP contribution in [0, 0.1) is 0 Å². The maximum Gasteiger partial charge on any atom is 0.322 e. The van der Waals surface area contributed by atoms with Gasteiger partial charge in [0, 0.05) is 0 Å². The Morgan fingerprint density at radius 2 is 2.00 bits per heavy atom. The van der Waals surface area contributed by atoms with E-state index in [0.29, 0.717) is 5.35 Å². The zero-order valence-electron chi connectivity index (χ0n) is 12.7. The molecule has 22 heavy (non-hydrogen) atoms. The number of carbonyl (C=O) groups is 2. The van der Waals surface area contributed by atoms with E-state index in [9.17, 15) is 9.59 Å². The third kappa shape index (κ3) is 7.38. The van der Waals surface area contributed by atoms with Gasteiger partial charge in [-0.1, -0.05) is 53.0 Å². The molecule has 0 saturated heterocycles. The number of aromatic nitrogens is 1. The van der Waals surface area contributed by atoms with Gasteiger partial charge >= 0.3 is 5.97 Å². The number of carbonyl (C=O) groups excluding carboxylic acids is 1. The summed E-state index contributed by atoms with van der Waals surface area (Å²) in [5.41, 5.74) is 0.183. The zero-order chi connectivity index (χ0) is 16.3. The minimum Gasteiger partial charge on any atom is -0.480 e. The molecule has 0 aliphatic heterocycles. The molecule has 5 heteroatoms. The fourth-order valence-electron chi connectivity index (χ4n) is 1.50. The van der Waals surface area contributed by atoms with Crippen molar-refractivity contribution in [1.82, 2.24) is 10.3 Å². The molecule has 0 saturated carbocycles. The van der Waals surface area contributed by atoms with E-state index in [4.69, 9.17) is 5.11 Å². The highest BCUT2D eigenvalue weighted by molar-refractivity contribution is 5.93. The third-order valence-corrected chi connectivity index (χ3v) is 2.29. The number of hydrogen-bond donors (Lipinski definition) is 2. The normalized spacial score (nSPS) is 10.9. The molecule has 5 nitrogen and oxygen atoms in total. The molecule has 0 fully saturated rings. The average Bonchev–Trinajstić information content (AvgIpc) is 2.49. The summed E-state index contributed by atoms with van der Waals surface area (Å²) in [6, 6.07) is 3.35. The number of aliphatic carboxylic acids is 1. The third-order valence-electron chi connectivity index (χ3n) is 2.29. The molecule has 1 aromatic rings. The van der Waals surface area contributed by atoms with Crippen LogP contribution in [0.3, 0.4) is 0 Å². The van der Waals surface area contributed by atoms with Crippen LogP contribution in [0.2, 0.25) is 0 Å². The Hall–Kier alpha value is -2.43. The minimum atomic E-state index is -1.10. The van der Waals surface area contributed by atoms with Crippen LogP contribution in [0.15, 0.2) is 24.8 Å². The Morgan fingerprint density at radius 3 is 2.50 bits per heavy atom. The first kappa shape index (κ1) is 21.9. The molecular weight excluding hydrogens is 280 g/mol. The first-order chi connectivity index (χ1) is 10.1. The molecule has 1 rings (SSSR count). The van der Waals surface area contributed by atoms with E-state index in [0.717, 1.165) is 11.6 Å². The van der Waals surface area contributed by atoms with Crippen LogP contribution < -0.4 is 15.9 Å². The van der Waals surface area contributed by atoms with Gasteiger partial charge in [0.15, 0.2) is 0 Å². The van der Waals surface area contributed by atoms with Gasteiger partial charge in [-0.2, -0.15) is 0 Å². The van der Waals surface area contributed by atoms with Crippen molar-refractivity contribution in [3.8, 4) is 0 Å². The van der Waals surface area contributed by atoms with Crippen LogP contribution in [0.5, 0.6) is 0 Å². The maximum atomic E-state index is 11.7. The van der Waals surface area contributed by atoms with Gasteiger partial charge in [0.05, 0.1) is 5.35 Å². The molecule has 1 amide bonds. The van der Waals surface area contributed by atoms with E-state index in [1.807, 2.05) is 26.8 Å². The topological polar surface area (TPSA) is 79.3 Å². The number of carboxylic acids is 1. The summed E-state index contributed by atoms with van der Waals surface area (Å²) in [5.74, 6) is -1.61. The molecule has 0 unspecified atom stereocenters. The number of pyridine rings is 1. The van der Waals surface area contributed by atoms with Crippen LogP contribution in [-0.4, -0.2) is 28.5 Å². The van der Waals surface area contributed by atoms with Crippen molar-refractivity contribution in [3.05, 3.63) is 41.0 Å². The summed E-state index contributed by atoms with van der Waals surface area (Å²) >= 11 is 0. The molecule has 2 N–H and O–H groups in total. The summed E-state index contributed by atoms with van der Waals surface area (Å²) in [6.07, 6.45) is 6.13. The Labute approximate surface area is 132 Å². The first-order valence-corrected chi connectivity index (χ1v) is 6.88. The monoisotopic (exact) mass is 306 g/mol. The molecule has 0 aromatic carbocycles. The number of nitrogens with one attached hydrogen (secondary N) is 1. The molecule has 0 aliphatic carbocycles. The van der Waals surface area contributed by atoms with Crippen LogP contribution in [0.4, 0.5) is 0 Å². The van der Waals surface area contributed by atoms with Gasteiger partial charge in [0.25, 0.3) is 5.91 Å². The SMILES string of the molecule is C.C=C/C=c1/nc(C(=O)NCC(=O)O)cc/c1=C/CC.CC. The fourth-order valence-corrected chi connectivity index (χ4v) is 1.50. The van der Waals surface area contributed by atoms with Crippen molar-refractivity contribution in [2.24, 2.45) is 0 Å². The highest BCUT2D eigenvalue weighted by Crippen LogP contribution is 1.88. The maximum absolute atomic E-state index is 11.7. The predicted molar refractivity (Wildman–Crippen MR) is 91.0 cm³/mol. The number of hydrogen-bond acceptors (Lipinski definition) is 3. The van der Waals surface area contributed by atoms with Gasteiger partial charge in [0.2, 0.25) is 0 Å². The number of rotatable bonds is 5. The van der Waals surface area contributed by atoms with Crippen molar-refractivity contribution in [2.75, 3.05) is 6.54 Å². The molecule has 1 aromatic heterocycles. The highest BCUT2D eigenvalue weighted by atomic mass is 16.4. The lowest BCUT2D eigenvalue weighted by atomic mass is 10.2. The van der Waals surface area contributed by atoms with Crippen LogP contribution in [0.25, 0.3) is 12.2 Å². The zero-order valence-corrected chi connectivity index (χ0v) is 12.7. The van der Waals surface area contributed by atoms with Crippen LogP contribution in [-0.2, 0) is 4.79 Å². The van der Waals surface area contributed by atoms with Gasteiger partial charge in [-0.05, 0) is 23.8 Å². The van der Waals surface area contributed by atoms with E-state index < -0.39 is 18.4 Å². The van der Waals surface area contributed by atoms with Crippen molar-refractivity contribution < 1.29 is 14.7 Å². The standard InChI is InChI=1S/C14H16N2O3.C2H6.CH4/c1-3-5-10-7-8-12(16-11(10)6-4-2)14(19)15-9-13(17)18;1-2;/h4-8H,2-3,9H2,1H3,(H,15,19)(H,17,18);1-2H3;1H4/b10-5-,11-6+;;. The summed E-state index contributed by atoms with van der Waals surface area (Å²) in [4.78, 5) is 26.3. The second-order valence-electron chi connectivity index (χ2n) is 3.76. The Bertz CT molecular complexity index is 607. The second-order valence-corrected chi connectivity index (χ2v) is 3.76. The summed E-state index contributed by atoms with van der Waals surface area (Å²) in [7, 11) is 0. The molecule has 1 heterocycles. The summed E-state index contributed by atoms with van der Waals surface area (Å²) in [5, 5.41) is 12.3. The van der Waals surface area contributed by atoms with Gasteiger partial charge in [0.1, 0.15) is 12.2 Å². The van der Waals surface area contributed by atoms with Crippen molar-refractivity contribution >= 4 is 24.0 Å². The lowest BCUT2D eigenvalue weighted by Gasteiger charge is -2.01. The van der Waals surface area contributed by atoms with Crippen molar-refractivity contribution in [2.45, 2.75) is 34.6 Å². The Balaban J connectivity index is 0. The number of allylic oxidation sites excluding steroid dienone is 1. The Kier molecular flexibility index (Phi) is 12.2. The van der Waals surface area contributed by atoms with E-state index in [1.54, 1.807) is 24.3 Å². The lowest BCUT2D eigenvalue weighted by molar-refractivity contribution is -0.135. The largest absolute Gasteiger partial charge is 0.480 e. The highest BCUT2D eigenvalue weighted by Gasteiger charge is 2.08. The van der Waals surface area contributed by atoms with Gasteiger partial charge < -0.3 is 10.4 Å². The van der Waals surface area contributed by atoms with E-state index in [1.165, 1.54) is 0 Å². The molecular formula is C17H26N2O3. The van der Waals surface area contributed by atoms with Gasteiger partial charge in [-0.3, -0.25) is 9.59 Å². The lowest BCUT2D eigenvalue weighted by Crippen LogP contribution is -2.34. The molecule has 0 radical (unpaired) electrons. The van der Waals surface area contributed by atoms with Crippen LogP contribution in [0.1, 0.15) is 45.1 Å². The number of amides is 1. The van der Waals surface area contributed by atoms with E-state index in [-0.39, 0.29) is 13.1 Å². The molecule has 0 bridgehead atoms. The first-order valence-electron chi connectivity index (χ1n) is 6.88. The predicted octanol–water partition coefficient (Wildman–Crippen LogP) is 1.72. The van der Waals surface area contributed by atoms with Crippen molar-refractivity contribution in [3.63, 3.8) is 0 Å². The summed E-state index contributed by atoms with van der Waals surface area (Å²) in [6.45, 7) is 9.18. The quantitative estimate of drug-likeness (QED) is 0.868. The van der Waals surface area contributed by atoms with Crippen LogP contribution >= 0.6 is 0 Å².